The summed E-state index contributed by atoms with van der Waals surface area (Å²) in [7, 11) is 0. The fraction of sp³-hybridized carbons (Fsp3) is 0.400. The zero-order valence-electron chi connectivity index (χ0n) is 15.1. The van der Waals surface area contributed by atoms with Crippen LogP contribution >= 0.6 is 0 Å². The molecule has 2 aliphatic heterocycles. The van der Waals surface area contributed by atoms with Gasteiger partial charge in [-0.15, -0.1) is 0 Å². The molecule has 2 saturated heterocycles. The molecule has 0 saturated carbocycles. The predicted molar refractivity (Wildman–Crippen MR) is 98.8 cm³/mol. The number of nitrogens with zero attached hydrogens (tertiary/aromatic N) is 3. The van der Waals surface area contributed by atoms with Crippen molar-refractivity contribution in [1.29, 1.82) is 0 Å². The van der Waals surface area contributed by atoms with Crippen LogP contribution in [-0.4, -0.2) is 42.4 Å². The molecule has 28 heavy (non-hydrogen) atoms. The number of azide groups is 1. The van der Waals surface area contributed by atoms with Crippen LogP contribution in [-0.2, 0) is 25.6 Å². The minimum absolute atomic E-state index is 0.232. The Kier molecular flexibility index (Phi) is 5.87. The molecule has 0 aromatic heterocycles. The minimum atomic E-state index is -1.08. The summed E-state index contributed by atoms with van der Waals surface area (Å²) in [4.78, 5) is 2.85. The van der Waals surface area contributed by atoms with Crippen LogP contribution in [0.5, 0.6) is 0 Å². The zero-order chi connectivity index (χ0) is 19.3. The largest absolute Gasteiger partial charge is 0.390 e. The molecule has 146 valence electrons. The molecule has 2 aromatic rings. The number of benzene rings is 2. The van der Waals surface area contributed by atoms with Crippen molar-refractivity contribution in [2.45, 2.75) is 43.5 Å². The molecule has 2 fully saturated rings. The van der Waals surface area contributed by atoms with Gasteiger partial charge >= 0.3 is 0 Å². The quantitative estimate of drug-likeness (QED) is 0.485. The van der Waals surface area contributed by atoms with Gasteiger partial charge in [-0.3, -0.25) is 0 Å². The van der Waals surface area contributed by atoms with E-state index in [0.717, 1.165) is 11.1 Å². The van der Waals surface area contributed by atoms with Crippen LogP contribution in [0.4, 0.5) is 0 Å². The Balaban J connectivity index is 1.47. The lowest BCUT2D eigenvalue weighted by atomic mass is 9.96. The van der Waals surface area contributed by atoms with E-state index in [1.807, 2.05) is 60.7 Å². The number of fused-ring (bicyclic) bond motifs is 1. The first-order valence-corrected chi connectivity index (χ1v) is 9.11. The van der Waals surface area contributed by atoms with Gasteiger partial charge in [0, 0.05) is 10.5 Å². The smallest absolute Gasteiger partial charge is 0.184 e. The summed E-state index contributed by atoms with van der Waals surface area (Å²) in [5.74, 6) is 0. The number of ether oxygens (including phenoxy) is 4. The van der Waals surface area contributed by atoms with Gasteiger partial charge in [-0.1, -0.05) is 65.8 Å². The summed E-state index contributed by atoms with van der Waals surface area (Å²) < 4.78 is 23.5. The van der Waals surface area contributed by atoms with Crippen LogP contribution in [0.25, 0.3) is 10.4 Å². The lowest BCUT2D eigenvalue weighted by molar-refractivity contribution is -0.343. The van der Waals surface area contributed by atoms with E-state index >= 15 is 0 Å². The molecule has 2 aliphatic rings. The summed E-state index contributed by atoms with van der Waals surface area (Å²) in [5.41, 5.74) is 10.7. The van der Waals surface area contributed by atoms with E-state index in [1.54, 1.807) is 0 Å². The molecular weight excluding hydrogens is 362 g/mol. The summed E-state index contributed by atoms with van der Waals surface area (Å²) in [6.07, 6.45) is -3.81. The van der Waals surface area contributed by atoms with E-state index in [1.165, 1.54) is 0 Å². The van der Waals surface area contributed by atoms with Crippen molar-refractivity contribution < 1.29 is 24.1 Å². The van der Waals surface area contributed by atoms with E-state index in [-0.39, 0.29) is 13.2 Å². The van der Waals surface area contributed by atoms with Gasteiger partial charge in [0.15, 0.2) is 12.6 Å². The molecule has 6 unspecified atom stereocenters. The summed E-state index contributed by atoms with van der Waals surface area (Å²) in [6, 6.07) is 18.1. The number of rotatable bonds is 5. The first kappa shape index (κ1) is 18.9. The molecule has 0 radical (unpaired) electrons. The third-order valence-corrected chi connectivity index (χ3v) is 4.85. The second-order valence-electron chi connectivity index (χ2n) is 6.70. The Labute approximate surface area is 162 Å². The van der Waals surface area contributed by atoms with Crippen molar-refractivity contribution in [3.8, 4) is 0 Å². The molecule has 0 bridgehead atoms. The maximum atomic E-state index is 10.8. The average molecular weight is 383 g/mol. The van der Waals surface area contributed by atoms with Gasteiger partial charge in [-0.05, 0) is 11.1 Å². The first-order valence-electron chi connectivity index (χ1n) is 9.11. The lowest BCUT2D eigenvalue weighted by Crippen LogP contribution is -2.61. The average Bonchev–Trinajstić information content (AvgIpc) is 2.76. The molecule has 1 N–H and O–H groups in total. The van der Waals surface area contributed by atoms with Crippen molar-refractivity contribution >= 4 is 0 Å². The Morgan fingerprint density at radius 3 is 2.50 bits per heavy atom. The number of hydrogen-bond donors (Lipinski definition) is 1. The van der Waals surface area contributed by atoms with Gasteiger partial charge in [-0.25, -0.2) is 0 Å². The third-order valence-electron chi connectivity index (χ3n) is 4.85. The fourth-order valence-electron chi connectivity index (χ4n) is 3.43. The second-order valence-corrected chi connectivity index (χ2v) is 6.70. The highest BCUT2D eigenvalue weighted by Gasteiger charge is 2.49. The van der Waals surface area contributed by atoms with Crippen LogP contribution in [0, 0.1) is 0 Å². The second kappa shape index (κ2) is 8.70. The molecule has 0 amide bonds. The minimum Gasteiger partial charge on any atom is -0.390 e. The molecular formula is C20H21N3O5. The monoisotopic (exact) mass is 383 g/mol. The van der Waals surface area contributed by atoms with Crippen molar-refractivity contribution in [1.82, 2.24) is 0 Å². The van der Waals surface area contributed by atoms with Crippen molar-refractivity contribution in [2.75, 3.05) is 6.61 Å². The Morgan fingerprint density at radius 1 is 1.07 bits per heavy atom. The highest BCUT2D eigenvalue weighted by atomic mass is 16.7. The van der Waals surface area contributed by atoms with Crippen LogP contribution in [0.1, 0.15) is 17.4 Å². The van der Waals surface area contributed by atoms with E-state index in [0.29, 0.717) is 0 Å². The SMILES string of the molecule is [N-]=[N+]=NC1C(OCc2ccccc2)OC2COC(c3ccccc3)OC2C1O. The van der Waals surface area contributed by atoms with Crippen LogP contribution in [0.3, 0.4) is 0 Å². The van der Waals surface area contributed by atoms with Crippen molar-refractivity contribution in [3.05, 3.63) is 82.2 Å². The van der Waals surface area contributed by atoms with Crippen LogP contribution in [0.15, 0.2) is 65.8 Å². The molecule has 0 aliphatic carbocycles. The van der Waals surface area contributed by atoms with Gasteiger partial charge in [-0.2, -0.15) is 0 Å². The third kappa shape index (κ3) is 4.02. The highest BCUT2D eigenvalue weighted by Crippen LogP contribution is 2.35. The van der Waals surface area contributed by atoms with Crippen molar-refractivity contribution in [3.63, 3.8) is 0 Å². The zero-order valence-corrected chi connectivity index (χ0v) is 15.1. The van der Waals surface area contributed by atoms with E-state index in [2.05, 4.69) is 10.0 Å². The first-order chi connectivity index (χ1) is 13.8. The molecule has 8 nitrogen and oxygen atoms in total. The normalized spacial score (nSPS) is 32.2. The standard InChI is InChI=1S/C20H21N3O5/c21-23-22-16-17(24)18-15(12-26-19(28-18)14-9-5-2-6-10-14)27-20(16)25-11-13-7-3-1-4-8-13/h1-10,15-20,24H,11-12H2. The van der Waals surface area contributed by atoms with Crippen LogP contribution in [0.2, 0.25) is 0 Å². The Hall–Kier alpha value is -2.45. The summed E-state index contributed by atoms with van der Waals surface area (Å²) in [6.45, 7) is 0.497. The maximum absolute atomic E-state index is 10.8. The van der Waals surface area contributed by atoms with Crippen LogP contribution < -0.4 is 0 Å². The van der Waals surface area contributed by atoms with Gasteiger partial charge in [0.05, 0.1) is 19.3 Å². The summed E-state index contributed by atoms with van der Waals surface area (Å²) in [5, 5.41) is 14.5. The molecule has 6 atom stereocenters. The predicted octanol–water partition coefficient (Wildman–Crippen LogP) is 3.08. The van der Waals surface area contributed by atoms with E-state index < -0.39 is 36.9 Å². The topological polar surface area (TPSA) is 106 Å². The lowest BCUT2D eigenvalue weighted by Gasteiger charge is -2.46. The Bertz CT molecular complexity index is 815. The maximum Gasteiger partial charge on any atom is 0.184 e. The highest BCUT2D eigenvalue weighted by molar-refractivity contribution is 5.17. The van der Waals surface area contributed by atoms with E-state index in [4.69, 9.17) is 24.5 Å². The molecule has 0 spiro atoms. The van der Waals surface area contributed by atoms with E-state index in [9.17, 15) is 5.11 Å². The Morgan fingerprint density at radius 2 is 1.79 bits per heavy atom. The molecule has 4 rings (SSSR count). The molecule has 8 heteroatoms. The van der Waals surface area contributed by atoms with Gasteiger partial charge in [0.1, 0.15) is 18.2 Å². The molecule has 2 aromatic carbocycles. The number of aliphatic hydroxyl groups excluding tert-OH is 1. The van der Waals surface area contributed by atoms with Gasteiger partial charge in [0.2, 0.25) is 0 Å². The fourth-order valence-corrected chi connectivity index (χ4v) is 3.43. The van der Waals surface area contributed by atoms with Gasteiger partial charge in [0.25, 0.3) is 0 Å². The molecule has 2 heterocycles. The van der Waals surface area contributed by atoms with Gasteiger partial charge < -0.3 is 24.1 Å². The van der Waals surface area contributed by atoms with Crippen molar-refractivity contribution in [2.24, 2.45) is 5.11 Å². The number of aliphatic hydroxyl groups is 1. The number of hydrogen-bond acceptors (Lipinski definition) is 6. The summed E-state index contributed by atoms with van der Waals surface area (Å²) >= 11 is 0.